The molecule has 0 bridgehead atoms. The number of nitrogens with one attached hydrogen (secondary N) is 2. The second kappa shape index (κ2) is 13.7. The number of carbonyl (C=O) groups is 1. The predicted octanol–water partition coefficient (Wildman–Crippen LogP) is 4.47. The largest absolute Gasteiger partial charge is 0.467 e. The van der Waals surface area contributed by atoms with Crippen LogP contribution < -0.4 is 20.3 Å². The van der Waals surface area contributed by atoms with Gasteiger partial charge in [-0.15, -0.1) is 4.80 Å². The molecule has 0 saturated heterocycles. The summed E-state index contributed by atoms with van der Waals surface area (Å²) in [5.41, 5.74) is 1.05. The van der Waals surface area contributed by atoms with Crippen LogP contribution in [0.25, 0.3) is 17.1 Å². The molecule has 14 nitrogen and oxygen atoms in total. The number of aromatic nitrogens is 9. The van der Waals surface area contributed by atoms with Crippen molar-refractivity contribution in [3.8, 4) is 23.1 Å². The van der Waals surface area contributed by atoms with E-state index in [4.69, 9.17) is 4.74 Å². The highest BCUT2D eigenvalue weighted by Gasteiger charge is 2.37. The molecule has 0 unspecified atom stereocenters. The van der Waals surface area contributed by atoms with Gasteiger partial charge in [0.15, 0.2) is 11.6 Å². The quantitative estimate of drug-likeness (QED) is 0.232. The van der Waals surface area contributed by atoms with Crippen LogP contribution in [0.1, 0.15) is 36.8 Å². The van der Waals surface area contributed by atoms with Crippen molar-refractivity contribution in [2.45, 2.75) is 50.5 Å². The molecule has 5 aromatic rings. The summed E-state index contributed by atoms with van der Waals surface area (Å²) < 4.78 is 45.9. The maximum atomic E-state index is 13.6. The van der Waals surface area contributed by atoms with Gasteiger partial charge in [-0.2, -0.15) is 28.4 Å². The molecule has 1 saturated carbocycles. The van der Waals surface area contributed by atoms with Crippen LogP contribution in [0.5, 0.6) is 6.01 Å². The van der Waals surface area contributed by atoms with Gasteiger partial charge in [0.05, 0.1) is 37.6 Å². The van der Waals surface area contributed by atoms with Crippen molar-refractivity contribution in [1.29, 1.82) is 0 Å². The molecule has 1 fully saturated rings. The number of amides is 2. The third-order valence-corrected chi connectivity index (χ3v) is 7.57. The Hall–Kier alpha value is -5.74. The Kier molecular flexibility index (Phi) is 9.12. The number of methoxy groups -OCH3 is 1. The Morgan fingerprint density at radius 2 is 1.66 bits per heavy atom. The van der Waals surface area contributed by atoms with E-state index in [-0.39, 0.29) is 30.1 Å². The van der Waals surface area contributed by atoms with Crippen LogP contribution in [0.2, 0.25) is 0 Å². The third kappa shape index (κ3) is 7.40. The van der Waals surface area contributed by atoms with Gasteiger partial charge in [-0.05, 0) is 31.2 Å². The second-order valence-electron chi connectivity index (χ2n) is 10.6. The molecule has 6 rings (SSSR count). The maximum absolute atomic E-state index is 13.6. The van der Waals surface area contributed by atoms with Gasteiger partial charge in [0.1, 0.15) is 5.56 Å². The van der Waals surface area contributed by atoms with Crippen LogP contribution in [0.15, 0.2) is 73.7 Å². The van der Waals surface area contributed by atoms with Crippen LogP contribution >= 0.6 is 0 Å². The van der Waals surface area contributed by atoms with Gasteiger partial charge >= 0.3 is 18.2 Å². The van der Waals surface area contributed by atoms with Crippen LogP contribution in [0, 0.1) is 0 Å². The molecule has 2 amide bonds. The molecule has 0 aliphatic heterocycles. The molecule has 47 heavy (non-hydrogen) atoms. The van der Waals surface area contributed by atoms with Gasteiger partial charge in [0.25, 0.3) is 0 Å². The molecule has 4 aromatic heterocycles. The Morgan fingerprint density at radius 1 is 0.936 bits per heavy atom. The van der Waals surface area contributed by atoms with Gasteiger partial charge in [-0.1, -0.05) is 30.3 Å². The Balaban J connectivity index is 1.17. The normalized spacial score (nSPS) is 16.3. The fraction of sp³-hybridized carbons (Fsp3) is 0.300. The summed E-state index contributed by atoms with van der Waals surface area (Å²) in [6.45, 7) is 0.320. The highest BCUT2D eigenvalue weighted by Crippen LogP contribution is 2.33. The van der Waals surface area contributed by atoms with Gasteiger partial charge < -0.3 is 15.4 Å². The van der Waals surface area contributed by atoms with E-state index in [9.17, 15) is 18.0 Å². The lowest BCUT2D eigenvalue weighted by molar-refractivity contribution is -0.138. The van der Waals surface area contributed by atoms with Crippen molar-refractivity contribution < 1.29 is 22.7 Å². The topological polar surface area (TPSA) is 162 Å². The average Bonchev–Trinajstić information content (AvgIpc) is 3.64. The highest BCUT2D eigenvalue weighted by atomic mass is 19.4. The third-order valence-electron chi connectivity index (χ3n) is 7.57. The number of carbonyl (C=O) groups excluding carboxylic acids is 1. The molecule has 17 heteroatoms. The Labute approximate surface area is 266 Å². The predicted molar refractivity (Wildman–Crippen MR) is 162 cm³/mol. The molecule has 0 spiro atoms. The van der Waals surface area contributed by atoms with Crippen molar-refractivity contribution in [3.63, 3.8) is 0 Å². The minimum absolute atomic E-state index is 0.0233. The molecule has 1 aromatic carbocycles. The zero-order valence-corrected chi connectivity index (χ0v) is 25.0. The fourth-order valence-electron chi connectivity index (χ4n) is 5.25. The van der Waals surface area contributed by atoms with Crippen LogP contribution in [0.3, 0.4) is 0 Å². The first kappa shape index (κ1) is 31.3. The summed E-state index contributed by atoms with van der Waals surface area (Å²) in [4.78, 5) is 41.4. The number of nitrogens with zero attached hydrogens (tertiary/aromatic N) is 10. The lowest BCUT2D eigenvalue weighted by atomic mass is 9.90. The maximum Gasteiger partial charge on any atom is 0.421 e. The molecule has 0 radical (unpaired) electrons. The molecule has 4 heterocycles. The van der Waals surface area contributed by atoms with Crippen molar-refractivity contribution in [3.05, 3.63) is 84.8 Å². The van der Waals surface area contributed by atoms with E-state index in [2.05, 4.69) is 50.7 Å². The van der Waals surface area contributed by atoms with Gasteiger partial charge in [-0.25, -0.2) is 24.7 Å². The number of halogens is 3. The lowest BCUT2D eigenvalue weighted by Gasteiger charge is -2.36. The van der Waals surface area contributed by atoms with Crippen LogP contribution in [-0.2, 0) is 12.7 Å². The van der Waals surface area contributed by atoms with Gasteiger partial charge in [0, 0.05) is 42.8 Å². The van der Waals surface area contributed by atoms with Crippen molar-refractivity contribution in [2.24, 2.45) is 0 Å². The average molecular weight is 647 g/mol. The van der Waals surface area contributed by atoms with E-state index in [0.29, 0.717) is 49.3 Å². The highest BCUT2D eigenvalue weighted by molar-refractivity contribution is 5.91. The van der Waals surface area contributed by atoms with Crippen molar-refractivity contribution in [1.82, 2.24) is 50.2 Å². The molecule has 242 valence electrons. The summed E-state index contributed by atoms with van der Waals surface area (Å²) >= 11 is 0. The molecule has 1 aliphatic carbocycles. The molecular weight excluding hydrogens is 617 g/mol. The molecule has 2 N–H and O–H groups in total. The minimum atomic E-state index is -4.69. The van der Waals surface area contributed by atoms with Crippen molar-refractivity contribution in [2.75, 3.05) is 17.3 Å². The van der Waals surface area contributed by atoms with E-state index in [1.807, 2.05) is 30.3 Å². The van der Waals surface area contributed by atoms with Crippen LogP contribution in [-0.4, -0.2) is 70.1 Å². The monoisotopic (exact) mass is 646 g/mol. The van der Waals surface area contributed by atoms with E-state index >= 15 is 0 Å². The molecular formula is C30H29F3N12O2. The fourth-order valence-corrected chi connectivity index (χ4v) is 5.25. The summed E-state index contributed by atoms with van der Waals surface area (Å²) in [5, 5.41) is 13.7. The second-order valence-corrected chi connectivity index (χ2v) is 10.6. The van der Waals surface area contributed by atoms with Gasteiger partial charge in [0.2, 0.25) is 5.95 Å². The molecule has 0 atom stereocenters. The standard InChI is InChI=1S/C30H29F3N12O2/c1-47-28-37-14-20(15-38-28)24-17-35-25(18-34-24)44(29(46)39-13-19-5-3-2-4-6-19)22-9-7-21(8-10-22)42-27-36-16-23(30(31,32)33)26(43-27)45-40-11-12-41-45/h2-6,11-12,14-18,21-22H,7-10,13H2,1H3,(H,39,46)(H,36,42,43)/t21-,22-. The SMILES string of the molecule is COc1ncc(-c2cnc(N(C(=O)NCc3ccccc3)[C@H]3CC[C@H](Nc4ncc(C(F)(F)F)c(-n5nccn5)n4)CC3)cn2)cn1. The number of benzene rings is 1. The summed E-state index contributed by atoms with van der Waals surface area (Å²) in [6, 6.07) is 9.05. The molecule has 1 aliphatic rings. The summed E-state index contributed by atoms with van der Waals surface area (Å²) in [7, 11) is 1.48. The number of rotatable bonds is 9. The zero-order chi connectivity index (χ0) is 32.8. The first-order valence-corrected chi connectivity index (χ1v) is 14.7. The number of alkyl halides is 3. The van der Waals surface area contributed by atoms with E-state index in [1.165, 1.54) is 25.7 Å². The Bertz CT molecular complexity index is 1770. The Morgan fingerprint density at radius 3 is 2.30 bits per heavy atom. The smallest absolute Gasteiger partial charge is 0.421 e. The minimum Gasteiger partial charge on any atom is -0.467 e. The lowest BCUT2D eigenvalue weighted by Crippen LogP contribution is -2.49. The summed E-state index contributed by atoms with van der Waals surface area (Å²) in [5.74, 6) is -0.0825. The number of ether oxygens (including phenoxy) is 1. The number of urea groups is 1. The first-order valence-electron chi connectivity index (χ1n) is 14.7. The number of hydrogen-bond donors (Lipinski definition) is 2. The van der Waals surface area contributed by atoms with Crippen molar-refractivity contribution >= 4 is 17.8 Å². The van der Waals surface area contributed by atoms with Gasteiger partial charge in [-0.3, -0.25) is 9.88 Å². The number of anilines is 2. The summed E-state index contributed by atoms with van der Waals surface area (Å²) in [6.07, 6.45) is 7.11. The number of hydrogen-bond acceptors (Lipinski definition) is 11. The van der Waals surface area contributed by atoms with E-state index < -0.39 is 17.6 Å². The van der Waals surface area contributed by atoms with Crippen LogP contribution in [0.4, 0.5) is 29.7 Å². The van der Waals surface area contributed by atoms with E-state index in [1.54, 1.807) is 23.5 Å². The van der Waals surface area contributed by atoms with E-state index in [0.717, 1.165) is 16.6 Å². The first-order chi connectivity index (χ1) is 22.8. The zero-order valence-electron chi connectivity index (χ0n) is 25.0.